The molecule has 2 N–H and O–H groups in total. The van der Waals surface area contributed by atoms with Crippen molar-refractivity contribution in [2.24, 2.45) is 11.8 Å². The molecule has 0 amide bonds. The van der Waals surface area contributed by atoms with Crippen molar-refractivity contribution in [1.82, 2.24) is 5.32 Å². The molecule has 0 radical (unpaired) electrons. The zero-order valence-electron chi connectivity index (χ0n) is 13.2. The lowest BCUT2D eigenvalue weighted by atomic mass is 9.85. The van der Waals surface area contributed by atoms with E-state index in [0.29, 0.717) is 37.6 Å². The maximum atomic E-state index is 9.91. The molecule has 0 fully saturated rings. The fourth-order valence-corrected chi connectivity index (χ4v) is 2.48. The summed E-state index contributed by atoms with van der Waals surface area (Å²) in [6.07, 6.45) is 7.28. The maximum absolute atomic E-state index is 9.91. The smallest absolute Gasteiger partial charge is 0.0897 e. The van der Waals surface area contributed by atoms with Crippen LogP contribution in [0.4, 0.5) is 0 Å². The third-order valence-electron chi connectivity index (χ3n) is 4.06. The van der Waals surface area contributed by atoms with E-state index in [0.717, 1.165) is 25.9 Å². The van der Waals surface area contributed by atoms with Crippen LogP contribution in [0.1, 0.15) is 33.1 Å². The van der Waals surface area contributed by atoms with Crippen molar-refractivity contribution < 1.29 is 14.6 Å². The predicted molar refractivity (Wildman–Crippen MR) is 81.8 cm³/mol. The van der Waals surface area contributed by atoms with Crippen LogP contribution in [0.2, 0.25) is 0 Å². The summed E-state index contributed by atoms with van der Waals surface area (Å²) in [4.78, 5) is 0. The number of hydrogen-bond acceptors (Lipinski definition) is 4. The van der Waals surface area contributed by atoms with Crippen molar-refractivity contribution in [2.75, 3.05) is 33.5 Å². The molecule has 4 heteroatoms. The molecule has 0 spiro atoms. The minimum Gasteiger partial charge on any atom is -0.389 e. The van der Waals surface area contributed by atoms with Crippen LogP contribution >= 0.6 is 0 Å². The second-order valence-corrected chi connectivity index (χ2v) is 5.84. The molecule has 1 aliphatic carbocycles. The molecular weight excluding hydrogens is 254 g/mol. The number of nitrogens with one attached hydrogen (secondary N) is 1. The third-order valence-corrected chi connectivity index (χ3v) is 4.06. The highest BCUT2D eigenvalue weighted by Gasteiger charge is 2.18. The Kier molecular flexibility index (Phi) is 9.10. The van der Waals surface area contributed by atoms with Crippen LogP contribution in [0.15, 0.2) is 12.2 Å². The first-order valence-corrected chi connectivity index (χ1v) is 7.80. The first-order valence-electron chi connectivity index (χ1n) is 7.80. The lowest BCUT2D eigenvalue weighted by molar-refractivity contribution is 0.0107. The summed E-state index contributed by atoms with van der Waals surface area (Å²) in [6, 6.07) is 0.304. The molecule has 1 rings (SSSR count). The normalized spacial score (nSPS) is 25.6. The summed E-state index contributed by atoms with van der Waals surface area (Å²) in [5.74, 6) is 1.28. The van der Waals surface area contributed by atoms with E-state index in [1.165, 1.54) is 0 Å². The summed E-state index contributed by atoms with van der Waals surface area (Å²) < 4.78 is 10.8. The SMILES string of the molecule is CCC(COC)NCC(O)COCC1CC=CCC1C. The Balaban J connectivity index is 2.10. The molecule has 0 heterocycles. The monoisotopic (exact) mass is 285 g/mol. The van der Waals surface area contributed by atoms with Crippen molar-refractivity contribution in [2.45, 2.75) is 45.3 Å². The van der Waals surface area contributed by atoms with E-state index in [1.54, 1.807) is 7.11 Å². The number of aliphatic hydroxyl groups is 1. The average Bonchev–Trinajstić information content (AvgIpc) is 2.45. The van der Waals surface area contributed by atoms with E-state index in [-0.39, 0.29) is 0 Å². The van der Waals surface area contributed by atoms with Gasteiger partial charge in [0.05, 0.1) is 25.9 Å². The molecular formula is C16H31NO3. The molecule has 4 unspecified atom stereocenters. The topological polar surface area (TPSA) is 50.7 Å². The zero-order chi connectivity index (χ0) is 14.8. The minimum absolute atomic E-state index is 0.304. The van der Waals surface area contributed by atoms with Gasteiger partial charge < -0.3 is 19.9 Å². The zero-order valence-corrected chi connectivity index (χ0v) is 13.2. The molecule has 0 aromatic carbocycles. The fraction of sp³-hybridized carbons (Fsp3) is 0.875. The number of rotatable bonds is 10. The Morgan fingerprint density at radius 1 is 1.30 bits per heavy atom. The third kappa shape index (κ3) is 6.84. The highest BCUT2D eigenvalue weighted by atomic mass is 16.5. The maximum Gasteiger partial charge on any atom is 0.0897 e. The molecule has 0 saturated carbocycles. The molecule has 0 aromatic heterocycles. The van der Waals surface area contributed by atoms with Crippen LogP contribution in [0.3, 0.4) is 0 Å². The highest BCUT2D eigenvalue weighted by Crippen LogP contribution is 2.24. The van der Waals surface area contributed by atoms with E-state index in [9.17, 15) is 5.11 Å². The van der Waals surface area contributed by atoms with Gasteiger partial charge in [0.1, 0.15) is 0 Å². The van der Waals surface area contributed by atoms with Gasteiger partial charge in [-0.05, 0) is 31.1 Å². The van der Waals surface area contributed by atoms with E-state index in [1.807, 2.05) is 0 Å². The van der Waals surface area contributed by atoms with Crippen molar-refractivity contribution in [3.05, 3.63) is 12.2 Å². The second kappa shape index (κ2) is 10.3. The highest BCUT2D eigenvalue weighted by molar-refractivity contribution is 4.93. The molecule has 4 nitrogen and oxygen atoms in total. The quantitative estimate of drug-likeness (QED) is 0.603. The predicted octanol–water partition coefficient (Wildman–Crippen LogP) is 1.98. The molecule has 0 aliphatic heterocycles. The number of allylic oxidation sites excluding steroid dienone is 2. The van der Waals surface area contributed by atoms with E-state index < -0.39 is 6.10 Å². The Labute approximate surface area is 123 Å². The molecule has 20 heavy (non-hydrogen) atoms. The van der Waals surface area contributed by atoms with Crippen LogP contribution in [-0.4, -0.2) is 50.7 Å². The van der Waals surface area contributed by atoms with E-state index in [4.69, 9.17) is 9.47 Å². The van der Waals surface area contributed by atoms with Crippen molar-refractivity contribution in [3.8, 4) is 0 Å². The van der Waals surface area contributed by atoms with Crippen LogP contribution in [0.25, 0.3) is 0 Å². The Morgan fingerprint density at radius 3 is 2.70 bits per heavy atom. The van der Waals surface area contributed by atoms with Gasteiger partial charge in [-0.1, -0.05) is 26.0 Å². The van der Waals surface area contributed by atoms with Gasteiger partial charge in [0.15, 0.2) is 0 Å². The number of methoxy groups -OCH3 is 1. The summed E-state index contributed by atoms with van der Waals surface area (Å²) in [6.45, 7) is 6.77. The van der Waals surface area contributed by atoms with Crippen molar-refractivity contribution in [1.29, 1.82) is 0 Å². The molecule has 0 aromatic rings. The summed E-state index contributed by atoms with van der Waals surface area (Å²) in [5.41, 5.74) is 0. The lowest BCUT2D eigenvalue weighted by Crippen LogP contribution is -2.39. The van der Waals surface area contributed by atoms with Crippen molar-refractivity contribution >= 4 is 0 Å². The largest absolute Gasteiger partial charge is 0.389 e. The molecule has 0 bridgehead atoms. The Hall–Kier alpha value is -0.420. The first-order chi connectivity index (χ1) is 9.67. The van der Waals surface area contributed by atoms with Gasteiger partial charge in [-0.2, -0.15) is 0 Å². The number of aliphatic hydroxyl groups excluding tert-OH is 1. The van der Waals surface area contributed by atoms with Crippen LogP contribution < -0.4 is 5.32 Å². The van der Waals surface area contributed by atoms with Gasteiger partial charge in [-0.25, -0.2) is 0 Å². The van der Waals surface area contributed by atoms with Gasteiger partial charge in [-0.3, -0.25) is 0 Å². The van der Waals surface area contributed by atoms with Crippen LogP contribution in [0.5, 0.6) is 0 Å². The second-order valence-electron chi connectivity index (χ2n) is 5.84. The number of hydrogen-bond donors (Lipinski definition) is 2. The molecule has 0 saturated heterocycles. The van der Waals surface area contributed by atoms with Crippen LogP contribution in [-0.2, 0) is 9.47 Å². The van der Waals surface area contributed by atoms with Crippen LogP contribution in [0, 0.1) is 11.8 Å². The summed E-state index contributed by atoms with van der Waals surface area (Å²) >= 11 is 0. The van der Waals surface area contributed by atoms with Gasteiger partial charge >= 0.3 is 0 Å². The van der Waals surface area contributed by atoms with E-state index in [2.05, 4.69) is 31.3 Å². The van der Waals surface area contributed by atoms with E-state index >= 15 is 0 Å². The summed E-state index contributed by atoms with van der Waals surface area (Å²) in [7, 11) is 1.70. The number of ether oxygens (including phenoxy) is 2. The first kappa shape index (κ1) is 17.6. The Morgan fingerprint density at radius 2 is 2.05 bits per heavy atom. The van der Waals surface area contributed by atoms with Gasteiger partial charge in [0.25, 0.3) is 0 Å². The molecule has 4 atom stereocenters. The molecule has 118 valence electrons. The van der Waals surface area contributed by atoms with Gasteiger partial charge in [0.2, 0.25) is 0 Å². The van der Waals surface area contributed by atoms with Crippen molar-refractivity contribution in [3.63, 3.8) is 0 Å². The average molecular weight is 285 g/mol. The Bertz CT molecular complexity index is 270. The molecule has 1 aliphatic rings. The standard InChI is InChI=1S/C16H31NO3/c1-4-15(11-19-3)17-9-16(18)12-20-10-14-8-6-5-7-13(14)2/h5-6,13-18H,4,7-12H2,1-3H3. The minimum atomic E-state index is -0.449. The fourth-order valence-electron chi connectivity index (χ4n) is 2.48. The summed E-state index contributed by atoms with van der Waals surface area (Å²) in [5, 5.41) is 13.2. The lowest BCUT2D eigenvalue weighted by Gasteiger charge is -2.25. The van der Waals surface area contributed by atoms with Gasteiger partial charge in [-0.15, -0.1) is 0 Å². The van der Waals surface area contributed by atoms with Gasteiger partial charge in [0, 0.05) is 19.7 Å².